The summed E-state index contributed by atoms with van der Waals surface area (Å²) >= 11 is 4.86. The van der Waals surface area contributed by atoms with Gasteiger partial charge in [0, 0.05) is 13.0 Å². The Kier molecular flexibility index (Phi) is 5.15. The number of amides is 1. The van der Waals surface area contributed by atoms with Crippen molar-refractivity contribution in [3.8, 4) is 0 Å². The Morgan fingerprint density at radius 3 is 2.76 bits per heavy atom. The quantitative estimate of drug-likeness (QED) is 0.789. The summed E-state index contributed by atoms with van der Waals surface area (Å²) in [5, 5.41) is 0. The molecule has 0 fully saturated rings. The van der Waals surface area contributed by atoms with Gasteiger partial charge in [0.1, 0.15) is 5.76 Å². The topological polar surface area (TPSA) is 59.5 Å². The largest absolute Gasteiger partial charge is 0.469 e. The van der Waals surface area contributed by atoms with Crippen LogP contribution in [0.1, 0.15) is 36.4 Å². The normalized spacial score (nSPS) is 10.2. The van der Waals surface area contributed by atoms with E-state index < -0.39 is 0 Å². The molecule has 5 heteroatoms. The number of thiocarbonyl (C=S) groups is 1. The SMILES string of the molecule is CCCN(CC(N)=S)C(=O)c1ccoc1CC. The van der Waals surface area contributed by atoms with Crippen molar-refractivity contribution >= 4 is 23.1 Å². The van der Waals surface area contributed by atoms with Crippen LogP contribution in [-0.4, -0.2) is 28.9 Å². The summed E-state index contributed by atoms with van der Waals surface area (Å²) < 4.78 is 5.26. The van der Waals surface area contributed by atoms with Crippen LogP contribution in [-0.2, 0) is 6.42 Å². The minimum Gasteiger partial charge on any atom is -0.469 e. The summed E-state index contributed by atoms with van der Waals surface area (Å²) in [5.41, 5.74) is 6.11. The van der Waals surface area contributed by atoms with E-state index in [9.17, 15) is 4.79 Å². The molecule has 0 spiro atoms. The van der Waals surface area contributed by atoms with Gasteiger partial charge in [-0.2, -0.15) is 0 Å². The summed E-state index contributed by atoms with van der Waals surface area (Å²) in [5.74, 6) is 0.643. The van der Waals surface area contributed by atoms with E-state index in [1.54, 1.807) is 11.0 Å². The molecule has 0 aliphatic carbocycles. The third kappa shape index (κ3) is 3.56. The van der Waals surface area contributed by atoms with Crippen LogP contribution in [0.2, 0.25) is 0 Å². The lowest BCUT2D eigenvalue weighted by atomic mass is 10.2. The maximum atomic E-state index is 12.3. The second-order valence-electron chi connectivity index (χ2n) is 3.80. The first-order chi connectivity index (χ1) is 8.10. The second kappa shape index (κ2) is 6.39. The van der Waals surface area contributed by atoms with E-state index in [0.29, 0.717) is 35.8 Å². The molecule has 1 heterocycles. The van der Waals surface area contributed by atoms with Crippen LogP contribution in [0.25, 0.3) is 0 Å². The zero-order valence-corrected chi connectivity index (χ0v) is 11.0. The second-order valence-corrected chi connectivity index (χ2v) is 4.33. The van der Waals surface area contributed by atoms with Crippen LogP contribution in [0.5, 0.6) is 0 Å². The van der Waals surface area contributed by atoms with Crippen LogP contribution in [0.15, 0.2) is 16.7 Å². The smallest absolute Gasteiger partial charge is 0.257 e. The molecule has 1 amide bonds. The number of nitrogens with zero attached hydrogens (tertiary/aromatic N) is 1. The van der Waals surface area contributed by atoms with Crippen LogP contribution < -0.4 is 5.73 Å². The number of aryl methyl sites for hydroxylation is 1. The van der Waals surface area contributed by atoms with Crippen molar-refractivity contribution in [1.82, 2.24) is 4.90 Å². The molecule has 0 bridgehead atoms. The molecular weight excluding hydrogens is 236 g/mol. The van der Waals surface area contributed by atoms with Crippen molar-refractivity contribution < 1.29 is 9.21 Å². The lowest BCUT2D eigenvalue weighted by molar-refractivity contribution is 0.0777. The zero-order chi connectivity index (χ0) is 12.8. The molecule has 0 aromatic carbocycles. The Bertz CT molecular complexity index is 401. The van der Waals surface area contributed by atoms with Crippen molar-refractivity contribution in [2.75, 3.05) is 13.1 Å². The molecule has 0 atom stereocenters. The minimum atomic E-state index is -0.0646. The predicted octanol–water partition coefficient (Wildman–Crippen LogP) is 1.98. The molecule has 1 rings (SSSR count). The Morgan fingerprint density at radius 1 is 1.53 bits per heavy atom. The van der Waals surface area contributed by atoms with Crippen LogP contribution in [0, 0.1) is 0 Å². The first kappa shape index (κ1) is 13.7. The van der Waals surface area contributed by atoms with Gasteiger partial charge in [-0.05, 0) is 12.5 Å². The standard InChI is InChI=1S/C12H18N2O2S/c1-3-6-14(8-11(13)17)12(15)9-5-7-16-10(9)4-2/h5,7H,3-4,6,8H2,1-2H3,(H2,13,17). The Hall–Kier alpha value is -1.36. The average Bonchev–Trinajstić information content (AvgIpc) is 2.74. The number of hydrogen-bond acceptors (Lipinski definition) is 3. The lowest BCUT2D eigenvalue weighted by Gasteiger charge is -2.21. The van der Waals surface area contributed by atoms with Gasteiger partial charge in [-0.25, -0.2) is 0 Å². The molecule has 94 valence electrons. The fraction of sp³-hybridized carbons (Fsp3) is 0.500. The van der Waals surface area contributed by atoms with E-state index in [0.717, 1.165) is 6.42 Å². The molecule has 0 aliphatic heterocycles. The Morgan fingerprint density at radius 2 is 2.24 bits per heavy atom. The highest BCUT2D eigenvalue weighted by Crippen LogP contribution is 2.14. The first-order valence-corrected chi connectivity index (χ1v) is 6.14. The van der Waals surface area contributed by atoms with Crippen LogP contribution in [0.3, 0.4) is 0 Å². The van der Waals surface area contributed by atoms with Crippen molar-refractivity contribution in [3.05, 3.63) is 23.7 Å². The Labute approximate surface area is 107 Å². The minimum absolute atomic E-state index is 0.0646. The van der Waals surface area contributed by atoms with Gasteiger partial charge < -0.3 is 15.1 Å². The molecule has 0 unspecified atom stereocenters. The fourth-order valence-electron chi connectivity index (χ4n) is 1.69. The molecule has 1 aromatic rings. The molecule has 0 saturated heterocycles. The average molecular weight is 254 g/mol. The third-order valence-corrected chi connectivity index (χ3v) is 2.55. The highest BCUT2D eigenvalue weighted by atomic mass is 32.1. The highest BCUT2D eigenvalue weighted by Gasteiger charge is 2.20. The van der Waals surface area contributed by atoms with E-state index in [1.807, 2.05) is 13.8 Å². The summed E-state index contributed by atoms with van der Waals surface area (Å²) in [6.07, 6.45) is 3.10. The number of furan rings is 1. The molecule has 0 aliphatic rings. The molecular formula is C12H18N2O2S. The van der Waals surface area contributed by atoms with Gasteiger partial charge in [0.2, 0.25) is 0 Å². The zero-order valence-electron chi connectivity index (χ0n) is 10.2. The van der Waals surface area contributed by atoms with Crippen molar-refractivity contribution in [1.29, 1.82) is 0 Å². The molecule has 0 radical (unpaired) electrons. The number of carbonyl (C=O) groups excluding carboxylic acids is 1. The number of carbonyl (C=O) groups is 1. The molecule has 2 N–H and O–H groups in total. The van der Waals surface area contributed by atoms with Crippen LogP contribution >= 0.6 is 12.2 Å². The van der Waals surface area contributed by atoms with Gasteiger partial charge in [0.05, 0.1) is 23.4 Å². The van der Waals surface area contributed by atoms with E-state index in [4.69, 9.17) is 22.4 Å². The van der Waals surface area contributed by atoms with Gasteiger partial charge in [0.15, 0.2) is 0 Å². The first-order valence-electron chi connectivity index (χ1n) is 5.74. The number of rotatable bonds is 6. The van der Waals surface area contributed by atoms with Crippen LogP contribution in [0.4, 0.5) is 0 Å². The highest BCUT2D eigenvalue weighted by molar-refractivity contribution is 7.80. The van der Waals surface area contributed by atoms with Crippen molar-refractivity contribution in [3.63, 3.8) is 0 Å². The van der Waals surface area contributed by atoms with E-state index in [1.165, 1.54) is 6.26 Å². The summed E-state index contributed by atoms with van der Waals surface area (Å²) in [6.45, 7) is 4.92. The molecule has 0 saturated carbocycles. The lowest BCUT2D eigenvalue weighted by Crippen LogP contribution is -2.38. The van der Waals surface area contributed by atoms with Crippen molar-refractivity contribution in [2.45, 2.75) is 26.7 Å². The van der Waals surface area contributed by atoms with E-state index in [-0.39, 0.29) is 5.91 Å². The Balaban J connectivity index is 2.87. The summed E-state index contributed by atoms with van der Waals surface area (Å²) in [7, 11) is 0. The van der Waals surface area contributed by atoms with Gasteiger partial charge >= 0.3 is 0 Å². The monoisotopic (exact) mass is 254 g/mol. The van der Waals surface area contributed by atoms with Gasteiger partial charge in [-0.3, -0.25) is 4.79 Å². The molecule has 1 aromatic heterocycles. The van der Waals surface area contributed by atoms with Gasteiger partial charge in [0.25, 0.3) is 5.91 Å². The number of hydrogen-bond donors (Lipinski definition) is 1. The maximum Gasteiger partial charge on any atom is 0.257 e. The predicted molar refractivity (Wildman–Crippen MR) is 71.1 cm³/mol. The van der Waals surface area contributed by atoms with E-state index in [2.05, 4.69) is 0 Å². The molecule has 4 nitrogen and oxygen atoms in total. The number of nitrogens with two attached hydrogens (primary N) is 1. The summed E-state index contributed by atoms with van der Waals surface area (Å²) in [4.78, 5) is 14.2. The fourth-order valence-corrected chi connectivity index (χ4v) is 1.84. The third-order valence-electron chi connectivity index (χ3n) is 2.42. The van der Waals surface area contributed by atoms with Gasteiger partial charge in [-0.1, -0.05) is 26.1 Å². The van der Waals surface area contributed by atoms with Crippen molar-refractivity contribution in [2.24, 2.45) is 5.73 Å². The van der Waals surface area contributed by atoms with Gasteiger partial charge in [-0.15, -0.1) is 0 Å². The molecule has 17 heavy (non-hydrogen) atoms. The van der Waals surface area contributed by atoms with E-state index >= 15 is 0 Å². The maximum absolute atomic E-state index is 12.3. The summed E-state index contributed by atoms with van der Waals surface area (Å²) in [6, 6.07) is 1.70.